The van der Waals surface area contributed by atoms with Crippen molar-refractivity contribution in [3.05, 3.63) is 64.1 Å². The van der Waals surface area contributed by atoms with Crippen molar-refractivity contribution < 1.29 is 8.78 Å². The maximum absolute atomic E-state index is 13.8. The van der Waals surface area contributed by atoms with Crippen molar-refractivity contribution in [1.29, 1.82) is 0 Å². The molecule has 0 saturated carbocycles. The van der Waals surface area contributed by atoms with Gasteiger partial charge >= 0.3 is 0 Å². The normalized spacial score (nSPS) is 10.9. The van der Waals surface area contributed by atoms with Crippen molar-refractivity contribution in [3.8, 4) is 11.4 Å². The zero-order chi connectivity index (χ0) is 16.4. The lowest BCUT2D eigenvalue weighted by atomic mass is 10.2. The Hall–Kier alpha value is -1.93. The fourth-order valence-electron chi connectivity index (χ4n) is 1.98. The van der Waals surface area contributed by atoms with Crippen LogP contribution in [0.15, 0.2) is 52.1 Å². The molecule has 0 spiro atoms. The number of halogens is 3. The molecule has 2 N–H and O–H groups in total. The first-order chi connectivity index (χ1) is 11.0. The molecule has 0 amide bonds. The van der Waals surface area contributed by atoms with Gasteiger partial charge in [-0.1, -0.05) is 45.9 Å². The van der Waals surface area contributed by atoms with Gasteiger partial charge in [-0.2, -0.15) is 0 Å². The zero-order valence-electron chi connectivity index (χ0n) is 11.7. The van der Waals surface area contributed by atoms with Gasteiger partial charge in [-0.3, -0.25) is 0 Å². The van der Waals surface area contributed by atoms with Gasteiger partial charge in [0.05, 0.1) is 0 Å². The smallest absolute Gasteiger partial charge is 0.210 e. The second kappa shape index (κ2) is 6.67. The first kappa shape index (κ1) is 15.9. The molecule has 8 heteroatoms. The van der Waals surface area contributed by atoms with E-state index in [9.17, 15) is 8.78 Å². The predicted octanol–water partition coefficient (Wildman–Crippen LogP) is 3.99. The second-order valence-electron chi connectivity index (χ2n) is 4.71. The van der Waals surface area contributed by atoms with Crippen LogP contribution in [0.2, 0.25) is 0 Å². The Kier molecular flexibility index (Phi) is 4.63. The summed E-state index contributed by atoms with van der Waals surface area (Å²) in [6, 6.07) is 10.8. The monoisotopic (exact) mass is 396 g/mol. The summed E-state index contributed by atoms with van der Waals surface area (Å²) >= 11 is 4.47. The highest BCUT2D eigenvalue weighted by Gasteiger charge is 2.13. The summed E-state index contributed by atoms with van der Waals surface area (Å²) in [4.78, 5) is 0. The molecule has 3 rings (SSSR count). The fourth-order valence-corrected chi connectivity index (χ4v) is 3.16. The van der Waals surface area contributed by atoms with Crippen molar-refractivity contribution >= 4 is 27.7 Å². The van der Waals surface area contributed by atoms with Crippen molar-refractivity contribution in [3.63, 3.8) is 0 Å². The Balaban J connectivity index is 1.80. The average Bonchev–Trinajstić information content (AvgIpc) is 2.87. The second-order valence-corrected chi connectivity index (χ2v) is 6.57. The van der Waals surface area contributed by atoms with Crippen molar-refractivity contribution in [1.82, 2.24) is 14.9 Å². The molecule has 0 radical (unpaired) electrons. The third kappa shape index (κ3) is 3.53. The number of thioether (sulfide) groups is 1. The van der Waals surface area contributed by atoms with Gasteiger partial charge in [0.1, 0.15) is 11.6 Å². The SMILES string of the molecule is Nn1c(SCc2ccc(Br)cc2F)nnc1-c1cccc(F)c1. The molecule has 118 valence electrons. The van der Waals surface area contributed by atoms with Crippen LogP contribution in [0.25, 0.3) is 11.4 Å². The summed E-state index contributed by atoms with van der Waals surface area (Å²) in [7, 11) is 0. The lowest BCUT2D eigenvalue weighted by Crippen LogP contribution is -2.11. The third-order valence-electron chi connectivity index (χ3n) is 3.12. The minimum atomic E-state index is -0.378. The topological polar surface area (TPSA) is 56.7 Å². The first-order valence-corrected chi connectivity index (χ1v) is 8.35. The lowest BCUT2D eigenvalue weighted by molar-refractivity contribution is 0.616. The van der Waals surface area contributed by atoms with E-state index in [1.807, 2.05) is 0 Å². The highest BCUT2D eigenvalue weighted by Crippen LogP contribution is 2.26. The van der Waals surface area contributed by atoms with Crippen molar-refractivity contribution in [2.45, 2.75) is 10.9 Å². The first-order valence-electron chi connectivity index (χ1n) is 6.58. The van der Waals surface area contributed by atoms with Gasteiger partial charge in [0.2, 0.25) is 5.16 Å². The summed E-state index contributed by atoms with van der Waals surface area (Å²) in [5, 5.41) is 8.38. The standard InChI is InChI=1S/C15H11BrF2N4S/c16-11-5-4-10(13(18)7-11)8-23-15-21-20-14(22(15)19)9-2-1-3-12(17)6-9/h1-7H,8,19H2. The number of benzene rings is 2. The predicted molar refractivity (Wildman–Crippen MR) is 89.2 cm³/mol. The molecule has 0 saturated heterocycles. The fraction of sp³-hybridized carbons (Fsp3) is 0.0667. The highest BCUT2D eigenvalue weighted by atomic mass is 79.9. The van der Waals surface area contributed by atoms with E-state index in [1.54, 1.807) is 24.3 Å². The molecule has 3 aromatic rings. The molecule has 0 aliphatic rings. The van der Waals surface area contributed by atoms with E-state index in [-0.39, 0.29) is 11.6 Å². The Bertz CT molecular complexity index is 853. The third-order valence-corrected chi connectivity index (χ3v) is 4.60. The van der Waals surface area contributed by atoms with E-state index < -0.39 is 0 Å². The maximum atomic E-state index is 13.8. The Labute approximate surface area is 143 Å². The summed E-state index contributed by atoms with van der Waals surface area (Å²) in [6.45, 7) is 0. The van der Waals surface area contributed by atoms with E-state index in [0.717, 1.165) is 0 Å². The number of hydrogen-bond donors (Lipinski definition) is 1. The molecule has 0 fully saturated rings. The van der Waals surface area contributed by atoms with Crippen LogP contribution in [0.5, 0.6) is 0 Å². The van der Waals surface area contributed by atoms with Crippen LogP contribution >= 0.6 is 27.7 Å². The minimum absolute atomic E-state index is 0.305. The summed E-state index contributed by atoms with van der Waals surface area (Å²) in [6.07, 6.45) is 0. The summed E-state index contributed by atoms with van der Waals surface area (Å²) < 4.78 is 29.1. The van der Waals surface area contributed by atoms with E-state index in [4.69, 9.17) is 5.84 Å². The number of hydrogen-bond acceptors (Lipinski definition) is 4. The van der Waals surface area contributed by atoms with Crippen LogP contribution in [0.1, 0.15) is 5.56 Å². The van der Waals surface area contributed by atoms with Gasteiger partial charge in [-0.15, -0.1) is 10.2 Å². The van der Waals surface area contributed by atoms with Crippen LogP contribution in [0, 0.1) is 11.6 Å². The van der Waals surface area contributed by atoms with E-state index in [2.05, 4.69) is 26.1 Å². The van der Waals surface area contributed by atoms with Crippen molar-refractivity contribution in [2.24, 2.45) is 0 Å². The maximum Gasteiger partial charge on any atom is 0.210 e. The molecular weight excluding hydrogens is 386 g/mol. The summed E-state index contributed by atoms with van der Waals surface area (Å²) in [5.74, 6) is 5.98. The average molecular weight is 397 g/mol. The largest absolute Gasteiger partial charge is 0.335 e. The van der Waals surface area contributed by atoms with Gasteiger partial charge in [0.25, 0.3) is 0 Å². The van der Waals surface area contributed by atoms with Gasteiger partial charge in [0.15, 0.2) is 5.82 Å². The number of nitrogen functional groups attached to an aromatic ring is 1. The molecule has 0 aliphatic carbocycles. The van der Waals surface area contributed by atoms with Crippen LogP contribution in [-0.2, 0) is 5.75 Å². The molecule has 23 heavy (non-hydrogen) atoms. The van der Waals surface area contributed by atoms with Crippen LogP contribution in [0.3, 0.4) is 0 Å². The quantitative estimate of drug-likeness (QED) is 0.534. The van der Waals surface area contributed by atoms with Gasteiger partial charge in [0, 0.05) is 15.8 Å². The number of aromatic nitrogens is 3. The number of nitrogens with two attached hydrogens (primary N) is 1. The zero-order valence-corrected chi connectivity index (χ0v) is 14.1. The molecular formula is C15H11BrF2N4S. The van der Waals surface area contributed by atoms with Crippen molar-refractivity contribution in [2.75, 3.05) is 5.84 Å². The van der Waals surface area contributed by atoms with Crippen LogP contribution in [-0.4, -0.2) is 14.9 Å². The molecule has 0 aliphatic heterocycles. The van der Waals surface area contributed by atoms with E-state index in [0.29, 0.717) is 32.3 Å². The molecule has 2 aromatic carbocycles. The molecule has 1 heterocycles. The van der Waals surface area contributed by atoms with Crippen LogP contribution in [0.4, 0.5) is 8.78 Å². The highest BCUT2D eigenvalue weighted by molar-refractivity contribution is 9.10. The Morgan fingerprint density at radius 1 is 1.13 bits per heavy atom. The van der Waals surface area contributed by atoms with Gasteiger partial charge in [-0.05, 0) is 29.8 Å². The number of rotatable bonds is 4. The van der Waals surface area contributed by atoms with E-state index >= 15 is 0 Å². The summed E-state index contributed by atoms with van der Waals surface area (Å²) in [5.41, 5.74) is 1.06. The Morgan fingerprint density at radius 2 is 1.96 bits per heavy atom. The van der Waals surface area contributed by atoms with Crippen LogP contribution < -0.4 is 5.84 Å². The molecule has 0 bridgehead atoms. The van der Waals surface area contributed by atoms with Gasteiger partial charge < -0.3 is 5.84 Å². The molecule has 0 atom stereocenters. The molecule has 1 aromatic heterocycles. The Morgan fingerprint density at radius 3 is 2.70 bits per heavy atom. The minimum Gasteiger partial charge on any atom is -0.335 e. The lowest BCUT2D eigenvalue weighted by Gasteiger charge is -2.05. The van der Waals surface area contributed by atoms with Gasteiger partial charge in [-0.25, -0.2) is 13.5 Å². The number of nitrogens with zero attached hydrogens (tertiary/aromatic N) is 3. The van der Waals surface area contributed by atoms with E-state index in [1.165, 1.54) is 34.6 Å². The molecule has 4 nitrogen and oxygen atoms in total. The molecule has 0 unspecified atom stereocenters.